The van der Waals surface area contributed by atoms with E-state index in [-0.39, 0.29) is 29.3 Å². The lowest BCUT2D eigenvalue weighted by Gasteiger charge is -2.13. The van der Waals surface area contributed by atoms with Crippen LogP contribution in [0, 0.1) is 0 Å². The number of amides is 3. The highest BCUT2D eigenvalue weighted by Gasteiger charge is 2.35. The van der Waals surface area contributed by atoms with Crippen LogP contribution in [0.15, 0.2) is 48.5 Å². The fourth-order valence-electron chi connectivity index (χ4n) is 3.12. The molecule has 0 bridgehead atoms. The second-order valence-electron chi connectivity index (χ2n) is 6.59. The zero-order valence-electron chi connectivity index (χ0n) is 15.4. The van der Waals surface area contributed by atoms with E-state index in [0.717, 1.165) is 5.56 Å². The summed E-state index contributed by atoms with van der Waals surface area (Å²) in [5.74, 6) is -0.971. The normalized spacial score (nSPS) is 14.2. The molecule has 0 fully saturated rings. The number of carbonyl (C=O) groups is 3. The molecule has 0 aliphatic carbocycles. The van der Waals surface area contributed by atoms with Gasteiger partial charge in [-0.15, -0.1) is 0 Å². The van der Waals surface area contributed by atoms with E-state index in [0.29, 0.717) is 30.7 Å². The lowest BCUT2D eigenvalue weighted by atomic mass is 10.1. The lowest BCUT2D eigenvalue weighted by Crippen LogP contribution is -2.35. The van der Waals surface area contributed by atoms with Gasteiger partial charge in [-0.25, -0.2) is 0 Å². The van der Waals surface area contributed by atoms with Crippen LogP contribution in [0.25, 0.3) is 0 Å². The summed E-state index contributed by atoms with van der Waals surface area (Å²) in [5.41, 5.74) is 2.03. The van der Waals surface area contributed by atoms with Gasteiger partial charge in [-0.3, -0.25) is 19.3 Å². The van der Waals surface area contributed by atoms with Gasteiger partial charge in [0.05, 0.1) is 17.7 Å². The Hall–Kier alpha value is -2.99. The van der Waals surface area contributed by atoms with E-state index in [2.05, 4.69) is 5.32 Å². The molecule has 1 heterocycles. The van der Waals surface area contributed by atoms with Gasteiger partial charge in [0.1, 0.15) is 0 Å². The molecule has 0 saturated heterocycles. The zero-order valence-corrected chi connectivity index (χ0v) is 15.4. The summed E-state index contributed by atoms with van der Waals surface area (Å²) < 4.78 is 5.00. The predicted molar refractivity (Wildman–Crippen MR) is 101 cm³/mol. The van der Waals surface area contributed by atoms with E-state index < -0.39 is 0 Å². The average molecular weight is 366 g/mol. The zero-order chi connectivity index (χ0) is 19.4. The molecule has 0 saturated carbocycles. The first-order valence-corrected chi connectivity index (χ1v) is 8.85. The first-order chi connectivity index (χ1) is 13.0. The molecule has 1 unspecified atom stereocenters. The molecular formula is C21H22N2O4. The largest absolute Gasteiger partial charge is 0.383 e. The summed E-state index contributed by atoms with van der Waals surface area (Å²) in [6.45, 7) is 2.53. The van der Waals surface area contributed by atoms with Crippen LogP contribution in [0.2, 0.25) is 0 Å². The number of hydrogen-bond donors (Lipinski definition) is 1. The van der Waals surface area contributed by atoms with Crippen LogP contribution in [0.1, 0.15) is 43.6 Å². The smallest absolute Gasteiger partial charge is 0.261 e. The van der Waals surface area contributed by atoms with E-state index >= 15 is 0 Å². The van der Waals surface area contributed by atoms with Gasteiger partial charge in [0, 0.05) is 25.3 Å². The molecule has 6 nitrogen and oxygen atoms in total. The van der Waals surface area contributed by atoms with Crippen molar-refractivity contribution in [2.24, 2.45) is 0 Å². The van der Waals surface area contributed by atoms with Crippen molar-refractivity contribution >= 4 is 17.7 Å². The molecule has 3 rings (SSSR count). The second kappa shape index (κ2) is 8.14. The summed E-state index contributed by atoms with van der Waals surface area (Å²) in [4.78, 5) is 38.8. The highest BCUT2D eigenvalue weighted by Crippen LogP contribution is 2.24. The van der Waals surface area contributed by atoms with E-state index in [4.69, 9.17) is 4.74 Å². The quantitative estimate of drug-likeness (QED) is 0.763. The molecule has 2 aromatic rings. The van der Waals surface area contributed by atoms with E-state index in [1.165, 1.54) is 11.0 Å². The third-order valence-corrected chi connectivity index (χ3v) is 4.49. The molecule has 27 heavy (non-hydrogen) atoms. The van der Waals surface area contributed by atoms with Gasteiger partial charge >= 0.3 is 0 Å². The van der Waals surface area contributed by atoms with Crippen molar-refractivity contribution in [3.8, 4) is 0 Å². The molecule has 2 aromatic carbocycles. The highest BCUT2D eigenvalue weighted by atomic mass is 16.5. The van der Waals surface area contributed by atoms with Crippen LogP contribution < -0.4 is 5.32 Å². The van der Waals surface area contributed by atoms with Gasteiger partial charge in [0.2, 0.25) is 0 Å². The monoisotopic (exact) mass is 366 g/mol. The van der Waals surface area contributed by atoms with Crippen molar-refractivity contribution in [1.29, 1.82) is 0 Å². The minimum atomic E-state index is -0.356. The molecule has 1 atom stereocenters. The molecule has 0 aromatic heterocycles. The summed E-state index contributed by atoms with van der Waals surface area (Å²) in [6.07, 6.45) is 0.591. The highest BCUT2D eigenvalue weighted by molar-refractivity contribution is 6.22. The van der Waals surface area contributed by atoms with Crippen LogP contribution in [0.3, 0.4) is 0 Å². The number of hydrogen-bond acceptors (Lipinski definition) is 4. The molecule has 1 aliphatic rings. The summed E-state index contributed by atoms with van der Waals surface area (Å²) >= 11 is 0. The molecule has 6 heteroatoms. The van der Waals surface area contributed by atoms with E-state index in [1.54, 1.807) is 19.2 Å². The summed E-state index contributed by atoms with van der Waals surface area (Å²) in [7, 11) is 1.56. The van der Waals surface area contributed by atoms with Gasteiger partial charge in [0.15, 0.2) is 0 Å². The molecule has 1 aliphatic heterocycles. The Balaban J connectivity index is 1.73. The Morgan fingerprint density at radius 2 is 1.78 bits per heavy atom. The van der Waals surface area contributed by atoms with Crippen LogP contribution in [0.4, 0.5) is 0 Å². The number of nitrogens with zero attached hydrogens (tertiary/aromatic N) is 1. The number of ether oxygens (including phenoxy) is 1. The van der Waals surface area contributed by atoms with Crippen molar-refractivity contribution in [3.63, 3.8) is 0 Å². The maximum absolute atomic E-state index is 12.7. The van der Waals surface area contributed by atoms with Crippen LogP contribution >= 0.6 is 0 Å². The van der Waals surface area contributed by atoms with Crippen LogP contribution in [0.5, 0.6) is 0 Å². The van der Waals surface area contributed by atoms with Crippen molar-refractivity contribution in [2.45, 2.75) is 19.4 Å². The van der Waals surface area contributed by atoms with E-state index in [1.807, 2.05) is 37.3 Å². The summed E-state index contributed by atoms with van der Waals surface area (Å²) in [6, 6.07) is 14.1. The fourth-order valence-corrected chi connectivity index (χ4v) is 3.12. The number of benzene rings is 2. The maximum atomic E-state index is 12.7. The van der Waals surface area contributed by atoms with Gasteiger partial charge < -0.3 is 10.1 Å². The number of rotatable bonds is 7. The van der Waals surface area contributed by atoms with Gasteiger partial charge in [-0.2, -0.15) is 0 Å². The minimum absolute atomic E-state index is 0.157. The van der Waals surface area contributed by atoms with Crippen LogP contribution in [-0.4, -0.2) is 48.9 Å². The topological polar surface area (TPSA) is 75.7 Å². The molecular weight excluding hydrogens is 344 g/mol. The third-order valence-electron chi connectivity index (χ3n) is 4.49. The Kier molecular flexibility index (Phi) is 5.66. The Bertz CT molecular complexity index is 864. The molecule has 0 spiro atoms. The Morgan fingerprint density at radius 3 is 2.48 bits per heavy atom. The third kappa shape index (κ3) is 4.06. The molecule has 1 N–H and O–H groups in total. The molecule has 0 radical (unpaired) electrons. The lowest BCUT2D eigenvalue weighted by molar-refractivity contribution is 0.0656. The molecule has 3 amide bonds. The summed E-state index contributed by atoms with van der Waals surface area (Å²) in [5, 5.41) is 2.80. The fraction of sp³-hybridized carbons (Fsp3) is 0.286. The number of nitrogens with one attached hydrogen (secondary N) is 1. The number of methoxy groups -OCH3 is 1. The van der Waals surface area contributed by atoms with Gasteiger partial charge in [-0.1, -0.05) is 30.3 Å². The van der Waals surface area contributed by atoms with Crippen LogP contribution in [-0.2, 0) is 11.2 Å². The predicted octanol–water partition coefficient (Wildman–Crippen LogP) is 2.29. The Morgan fingerprint density at radius 1 is 1.07 bits per heavy atom. The Labute approximate surface area is 158 Å². The average Bonchev–Trinajstić information content (AvgIpc) is 2.91. The van der Waals surface area contributed by atoms with Gasteiger partial charge in [0.25, 0.3) is 17.7 Å². The first kappa shape index (κ1) is 18.8. The number of carbonyl (C=O) groups excluding carboxylic acids is 3. The second-order valence-corrected chi connectivity index (χ2v) is 6.59. The molecule has 140 valence electrons. The van der Waals surface area contributed by atoms with Crippen molar-refractivity contribution in [2.75, 3.05) is 20.3 Å². The minimum Gasteiger partial charge on any atom is -0.383 e. The number of imide groups is 1. The standard InChI is InChI=1S/C21H22N2O4/c1-14(13-27-2)22-19(24)16-8-9-17-18(12-16)21(26)23(20(17)25)11-10-15-6-4-3-5-7-15/h3-9,12,14H,10-11,13H2,1-2H3,(H,22,24). The van der Waals surface area contributed by atoms with E-state index in [9.17, 15) is 14.4 Å². The van der Waals surface area contributed by atoms with Gasteiger partial charge in [-0.05, 0) is 37.1 Å². The number of fused-ring (bicyclic) bond motifs is 1. The van der Waals surface area contributed by atoms with Crippen molar-refractivity contribution in [1.82, 2.24) is 10.2 Å². The SMILES string of the molecule is COCC(C)NC(=O)c1ccc2c(c1)C(=O)N(CCc1ccccc1)C2=O. The van der Waals surface area contributed by atoms with Crippen molar-refractivity contribution in [3.05, 3.63) is 70.8 Å². The first-order valence-electron chi connectivity index (χ1n) is 8.85. The van der Waals surface area contributed by atoms with Crippen molar-refractivity contribution < 1.29 is 19.1 Å². The maximum Gasteiger partial charge on any atom is 0.261 e.